The maximum Gasteiger partial charge on any atom is 0.335 e. The van der Waals surface area contributed by atoms with E-state index in [0.717, 1.165) is 34.5 Å². The first-order valence-corrected chi connectivity index (χ1v) is 23.0. The van der Waals surface area contributed by atoms with Crippen LogP contribution in [0.25, 0.3) is 22.1 Å². The zero-order valence-corrected chi connectivity index (χ0v) is 37.5. The molecule has 326 valence electrons. The lowest BCUT2D eigenvalue weighted by Gasteiger charge is -2.26. The first kappa shape index (κ1) is 44.4. The van der Waals surface area contributed by atoms with Crippen LogP contribution in [0.2, 0.25) is 0 Å². The molecule has 0 saturated carbocycles. The van der Waals surface area contributed by atoms with Gasteiger partial charge in [-0.25, -0.2) is 24.7 Å². The van der Waals surface area contributed by atoms with Gasteiger partial charge in [-0.2, -0.15) is 0 Å². The molecule has 2 aromatic carbocycles. The number of carboxylic acids is 1. The van der Waals surface area contributed by atoms with Crippen LogP contribution in [0.4, 0.5) is 11.9 Å². The summed E-state index contributed by atoms with van der Waals surface area (Å²) in [6.45, 7) is 12.1. The molecule has 5 N–H and O–H groups in total. The molecule has 4 aromatic heterocycles. The number of aromatic nitrogens is 6. The Kier molecular flexibility index (Phi) is 14.0. The maximum absolute atomic E-state index is 13.8. The van der Waals surface area contributed by atoms with E-state index < -0.39 is 11.9 Å². The fourth-order valence-electron chi connectivity index (χ4n) is 7.28. The van der Waals surface area contributed by atoms with Crippen LogP contribution in [0, 0.1) is 13.8 Å². The van der Waals surface area contributed by atoms with Gasteiger partial charge in [0.1, 0.15) is 21.0 Å². The molecular weight excluding hydrogens is 853 g/mol. The van der Waals surface area contributed by atoms with E-state index in [0.29, 0.717) is 88.0 Å². The third-order valence-electron chi connectivity index (χ3n) is 10.2. The van der Waals surface area contributed by atoms with Gasteiger partial charge in [0.05, 0.1) is 63.3 Å². The Morgan fingerprint density at radius 3 is 1.92 bits per heavy atom. The van der Waals surface area contributed by atoms with Crippen LogP contribution >= 0.6 is 34.4 Å². The molecule has 6 aromatic rings. The lowest BCUT2D eigenvalue weighted by Crippen LogP contribution is -2.37. The summed E-state index contributed by atoms with van der Waals surface area (Å²) in [5, 5.41) is 17.6. The minimum Gasteiger partial charge on any atom is -0.491 e. The van der Waals surface area contributed by atoms with E-state index in [4.69, 9.17) is 25.2 Å². The molecule has 7 rings (SSSR count). The van der Waals surface area contributed by atoms with E-state index in [-0.39, 0.29) is 47.9 Å². The number of ether oxygens (including phenoxy) is 2. The molecule has 17 nitrogen and oxygen atoms in total. The molecule has 1 aliphatic rings. The van der Waals surface area contributed by atoms with Crippen molar-refractivity contribution in [1.29, 1.82) is 0 Å². The van der Waals surface area contributed by atoms with Crippen LogP contribution in [-0.2, 0) is 30.7 Å². The van der Waals surface area contributed by atoms with Crippen molar-refractivity contribution in [2.45, 2.75) is 64.9 Å². The first-order valence-electron chi connectivity index (χ1n) is 20.2. The summed E-state index contributed by atoms with van der Waals surface area (Å²) in [6, 6.07) is 6.27. The number of carbonyl (C=O) groups is 4. The molecule has 0 atom stereocenters. The van der Waals surface area contributed by atoms with Gasteiger partial charge < -0.3 is 29.4 Å². The summed E-state index contributed by atoms with van der Waals surface area (Å²) in [7, 11) is 0. The van der Waals surface area contributed by atoms with Gasteiger partial charge in [0.2, 0.25) is 17.8 Å². The Hall–Kier alpha value is -5.67. The summed E-state index contributed by atoms with van der Waals surface area (Å²) in [5.41, 5.74) is 9.35. The summed E-state index contributed by atoms with van der Waals surface area (Å²) in [5.74, 6) is -1.70. The van der Waals surface area contributed by atoms with E-state index in [1.807, 2.05) is 50.7 Å². The van der Waals surface area contributed by atoms with Crippen molar-refractivity contribution in [3.05, 3.63) is 78.7 Å². The fourth-order valence-corrected chi connectivity index (χ4v) is 9.74. The van der Waals surface area contributed by atoms with Gasteiger partial charge in [-0.3, -0.25) is 29.9 Å². The third kappa shape index (κ3) is 9.68. The van der Waals surface area contributed by atoms with Crippen LogP contribution in [0.5, 0.6) is 5.75 Å². The standard InChI is InChI=1S/C42H48N10O7S3/c1-6-27-35(61-23(3)44-27)38(54)48-41-46-29-20-26(40(56)57)21-31(59-16-10-11-50-14-17-58-18-15-50)33(29)51(41)12-8-9-13-52-34-30(19-25(37(43)53)22-32(34)60-5)47-42(52)49-39(55)36-28(7-2)45-24(4)62-36/h8-9,19-22H,6-7,10-18H2,1-5H3,(H2,43,53)(H,56,57)(H,46,48,54)(H,47,49,55)/b9-8+. The van der Waals surface area contributed by atoms with Crippen molar-refractivity contribution in [2.24, 2.45) is 5.73 Å². The number of imidazole rings is 2. The molecule has 0 spiro atoms. The van der Waals surface area contributed by atoms with Crippen LogP contribution in [-0.4, -0.2) is 108 Å². The Morgan fingerprint density at radius 1 is 0.839 bits per heavy atom. The molecule has 5 heterocycles. The molecule has 3 amide bonds. The normalized spacial score (nSPS) is 13.4. The number of nitrogens with two attached hydrogens (primary N) is 1. The number of thiazole rings is 2. The van der Waals surface area contributed by atoms with Crippen molar-refractivity contribution in [3.63, 3.8) is 0 Å². The van der Waals surface area contributed by atoms with Crippen molar-refractivity contribution in [2.75, 3.05) is 56.3 Å². The zero-order valence-electron chi connectivity index (χ0n) is 35.1. The van der Waals surface area contributed by atoms with E-state index in [2.05, 4.69) is 25.5 Å². The molecule has 0 radical (unpaired) electrons. The number of nitrogens with zero attached hydrogens (tertiary/aromatic N) is 7. The highest BCUT2D eigenvalue weighted by atomic mass is 32.2. The van der Waals surface area contributed by atoms with Crippen LogP contribution in [0.15, 0.2) is 41.3 Å². The molecule has 62 heavy (non-hydrogen) atoms. The van der Waals surface area contributed by atoms with Crippen molar-refractivity contribution in [3.8, 4) is 5.75 Å². The van der Waals surface area contributed by atoms with Gasteiger partial charge in [0.25, 0.3) is 11.8 Å². The molecular formula is C42H48N10O7S3. The SMILES string of the molecule is CCc1nc(C)sc1C(=O)Nc1nc2cc(C(=O)O)cc(OCCCN3CCOCC3)c2n1C/C=C/Cn1c(NC(=O)c2sc(C)nc2CC)nc2cc(C(N)=O)cc(SC)c21. The monoisotopic (exact) mass is 900 g/mol. The minimum atomic E-state index is -1.14. The van der Waals surface area contributed by atoms with E-state index in [9.17, 15) is 24.3 Å². The first-order chi connectivity index (χ1) is 29.9. The van der Waals surface area contributed by atoms with Gasteiger partial charge in [-0.15, -0.1) is 34.4 Å². The van der Waals surface area contributed by atoms with E-state index in [1.54, 1.807) is 16.7 Å². The largest absolute Gasteiger partial charge is 0.491 e. The number of hydrogen-bond donors (Lipinski definition) is 4. The number of fused-ring (bicyclic) bond motifs is 2. The number of thioether (sulfide) groups is 1. The molecule has 1 aliphatic heterocycles. The highest BCUT2D eigenvalue weighted by Crippen LogP contribution is 2.34. The predicted octanol–water partition coefficient (Wildman–Crippen LogP) is 6.42. The summed E-state index contributed by atoms with van der Waals surface area (Å²) in [6.07, 6.45) is 7.50. The summed E-state index contributed by atoms with van der Waals surface area (Å²) in [4.78, 5) is 74.7. The number of morpholine rings is 1. The molecule has 0 bridgehead atoms. The van der Waals surface area contributed by atoms with Crippen molar-refractivity contribution >= 4 is 92.1 Å². The van der Waals surface area contributed by atoms with Crippen molar-refractivity contribution < 1.29 is 33.8 Å². The molecule has 0 aliphatic carbocycles. The number of allylic oxidation sites excluding steroid dienone is 2. The van der Waals surface area contributed by atoms with E-state index >= 15 is 0 Å². The highest BCUT2D eigenvalue weighted by molar-refractivity contribution is 7.98. The average molecular weight is 901 g/mol. The second kappa shape index (κ2) is 19.6. The second-order valence-corrected chi connectivity index (χ2v) is 17.7. The number of carboxylic acid groups (broad SMARTS) is 1. The number of primary amides is 1. The Balaban J connectivity index is 1.25. The Labute approximate surface area is 369 Å². The second-order valence-electron chi connectivity index (χ2n) is 14.4. The smallest absolute Gasteiger partial charge is 0.335 e. The number of amides is 3. The summed E-state index contributed by atoms with van der Waals surface area (Å²) >= 11 is 4.01. The number of aryl methyl sites for hydroxylation is 4. The Bertz CT molecular complexity index is 2690. The summed E-state index contributed by atoms with van der Waals surface area (Å²) < 4.78 is 15.5. The quantitative estimate of drug-likeness (QED) is 0.0416. The number of nitrogens with one attached hydrogen (secondary N) is 2. The van der Waals surface area contributed by atoms with Gasteiger partial charge in [0.15, 0.2) is 0 Å². The number of aromatic carboxylic acids is 1. The molecule has 1 saturated heterocycles. The number of anilines is 2. The zero-order chi connectivity index (χ0) is 44.1. The molecule has 20 heteroatoms. The minimum absolute atomic E-state index is 0.00435. The number of rotatable bonds is 18. The molecule has 0 unspecified atom stereocenters. The Morgan fingerprint density at radius 2 is 1.39 bits per heavy atom. The number of benzene rings is 2. The van der Waals surface area contributed by atoms with Gasteiger partial charge in [-0.1, -0.05) is 26.0 Å². The van der Waals surface area contributed by atoms with Crippen molar-refractivity contribution in [1.82, 2.24) is 34.0 Å². The fraction of sp³-hybridized carbons (Fsp3) is 0.381. The lowest BCUT2D eigenvalue weighted by molar-refractivity contribution is 0.0358. The van der Waals surface area contributed by atoms with Crippen LogP contribution < -0.4 is 21.1 Å². The predicted molar refractivity (Wildman–Crippen MR) is 242 cm³/mol. The number of hydrogen-bond acceptors (Lipinski definition) is 14. The van der Waals surface area contributed by atoms with Crippen LogP contribution in [0.3, 0.4) is 0 Å². The lowest BCUT2D eigenvalue weighted by atomic mass is 10.2. The molecule has 1 fully saturated rings. The number of carbonyl (C=O) groups excluding carboxylic acids is 3. The topological polar surface area (TPSA) is 222 Å². The van der Waals surface area contributed by atoms with Gasteiger partial charge in [-0.05, 0) is 63.6 Å². The third-order valence-corrected chi connectivity index (χ3v) is 13.0. The van der Waals surface area contributed by atoms with Gasteiger partial charge in [0, 0.05) is 43.2 Å². The highest BCUT2D eigenvalue weighted by Gasteiger charge is 2.24. The van der Waals surface area contributed by atoms with Gasteiger partial charge >= 0.3 is 5.97 Å². The van der Waals surface area contributed by atoms with Crippen LogP contribution in [0.1, 0.15) is 81.7 Å². The van der Waals surface area contributed by atoms with E-state index in [1.165, 1.54) is 46.6 Å². The average Bonchev–Trinajstić information content (AvgIpc) is 4.03. The maximum atomic E-state index is 13.8.